The Morgan fingerprint density at radius 3 is 2.57 bits per heavy atom. The molecule has 1 saturated carbocycles. The van der Waals surface area contributed by atoms with Crippen molar-refractivity contribution >= 4 is 34.4 Å². The summed E-state index contributed by atoms with van der Waals surface area (Å²) >= 11 is 1.03. The van der Waals surface area contributed by atoms with Crippen molar-refractivity contribution in [3.8, 4) is 23.1 Å². The van der Waals surface area contributed by atoms with Crippen LogP contribution in [0.1, 0.15) is 60.5 Å². The van der Waals surface area contributed by atoms with Gasteiger partial charge in [0.2, 0.25) is 0 Å². The molecule has 4 rings (SSSR count). The summed E-state index contributed by atoms with van der Waals surface area (Å²) in [5.41, 5.74) is -0.350. The van der Waals surface area contributed by atoms with Gasteiger partial charge in [-0.15, -0.1) is 11.3 Å². The van der Waals surface area contributed by atoms with Crippen LogP contribution in [0.15, 0.2) is 41.3 Å². The Balaban J connectivity index is 1.49. The molecule has 37 heavy (non-hydrogen) atoms. The highest BCUT2D eigenvalue weighted by molar-refractivity contribution is 7.14. The quantitative estimate of drug-likeness (QED) is 0.272. The van der Waals surface area contributed by atoms with Crippen LogP contribution in [0.2, 0.25) is 0 Å². The monoisotopic (exact) mass is 524 g/mol. The fourth-order valence-electron chi connectivity index (χ4n) is 4.09. The van der Waals surface area contributed by atoms with Gasteiger partial charge in [0.25, 0.3) is 5.91 Å². The normalized spacial score (nSPS) is 13.8. The van der Waals surface area contributed by atoms with Gasteiger partial charge in [0.15, 0.2) is 5.13 Å². The van der Waals surface area contributed by atoms with Crippen molar-refractivity contribution in [1.82, 2.24) is 4.98 Å². The first kappa shape index (κ1) is 26.2. The van der Waals surface area contributed by atoms with Gasteiger partial charge < -0.3 is 5.11 Å². The minimum Gasteiger partial charge on any atom is -0.478 e. The number of nitrogens with one attached hydrogen (secondary N) is 1. The van der Waals surface area contributed by atoms with Crippen molar-refractivity contribution in [3.05, 3.63) is 75.4 Å². The Labute approximate surface area is 216 Å². The van der Waals surface area contributed by atoms with Crippen molar-refractivity contribution < 1.29 is 27.9 Å². The molecule has 5 nitrogen and oxygen atoms in total. The highest BCUT2D eigenvalue weighted by Crippen LogP contribution is 2.30. The number of carboxylic acids is 1. The molecule has 0 atom stereocenters. The first-order chi connectivity index (χ1) is 17.7. The summed E-state index contributed by atoms with van der Waals surface area (Å²) < 4.78 is 43.9. The minimum atomic E-state index is -1.32. The maximum absolute atomic E-state index is 15.1. The van der Waals surface area contributed by atoms with Gasteiger partial charge in [-0.1, -0.05) is 30.7 Å². The van der Waals surface area contributed by atoms with Crippen LogP contribution in [0.5, 0.6) is 0 Å². The van der Waals surface area contributed by atoms with Crippen molar-refractivity contribution in [2.24, 2.45) is 5.92 Å². The number of carbonyl (C=O) groups excluding carboxylic acids is 1. The molecule has 0 radical (unpaired) electrons. The number of carboxylic acid groups (broad SMARTS) is 1. The lowest BCUT2D eigenvalue weighted by molar-refractivity contribution is -0.132. The number of benzene rings is 2. The molecule has 2 aromatic carbocycles. The minimum absolute atomic E-state index is 0.114. The van der Waals surface area contributed by atoms with E-state index in [-0.39, 0.29) is 27.4 Å². The second-order valence-corrected chi connectivity index (χ2v) is 9.66. The fourth-order valence-corrected chi connectivity index (χ4v) is 4.79. The maximum Gasteiger partial charge on any atom is 0.331 e. The van der Waals surface area contributed by atoms with Gasteiger partial charge in [0.1, 0.15) is 17.5 Å². The number of rotatable bonds is 6. The maximum atomic E-state index is 15.1. The van der Waals surface area contributed by atoms with Crippen LogP contribution in [0, 0.1) is 35.2 Å². The summed E-state index contributed by atoms with van der Waals surface area (Å²) in [5, 5.41) is 13.0. The molecule has 1 fully saturated rings. The zero-order valence-electron chi connectivity index (χ0n) is 19.9. The summed E-state index contributed by atoms with van der Waals surface area (Å²) in [6.07, 6.45) is 6.36. The fraction of sp³-hybridized carbons (Fsp3) is 0.250. The zero-order chi connectivity index (χ0) is 26.5. The van der Waals surface area contributed by atoms with Gasteiger partial charge in [0.05, 0.1) is 11.3 Å². The number of hydrogen-bond donors (Lipinski definition) is 2. The van der Waals surface area contributed by atoms with Gasteiger partial charge in [-0.2, -0.15) is 0 Å². The number of carbonyl (C=O) groups is 2. The Kier molecular flexibility index (Phi) is 8.09. The van der Waals surface area contributed by atoms with E-state index in [4.69, 9.17) is 5.11 Å². The van der Waals surface area contributed by atoms with E-state index in [1.165, 1.54) is 19.8 Å². The van der Waals surface area contributed by atoms with Crippen LogP contribution in [-0.4, -0.2) is 22.0 Å². The van der Waals surface area contributed by atoms with Gasteiger partial charge >= 0.3 is 5.97 Å². The summed E-state index contributed by atoms with van der Waals surface area (Å²) in [5.74, 6) is 1.76. The van der Waals surface area contributed by atoms with Gasteiger partial charge in [0, 0.05) is 34.1 Å². The van der Waals surface area contributed by atoms with E-state index in [0.717, 1.165) is 48.8 Å². The van der Waals surface area contributed by atoms with Crippen molar-refractivity contribution in [3.63, 3.8) is 0 Å². The standard InChI is InChI=1S/C28H23F3N2O3S/c1-16(27(35)36)12-21-22(29)13-19(14-23(21)30)26(34)33-28-32-24(15-37-28)20-11-5-10-18(25(20)31)9-4-8-17-6-2-3-7-17/h5,10-15,17H,2-3,6-8H2,1H3,(H,35,36)(H,32,33,34)/b16-12+. The van der Waals surface area contributed by atoms with E-state index >= 15 is 4.39 Å². The molecular weight excluding hydrogens is 501 g/mol. The molecule has 0 saturated heterocycles. The third kappa shape index (κ3) is 6.27. The molecular formula is C28H23F3N2O3S. The largest absolute Gasteiger partial charge is 0.478 e. The molecule has 2 N–H and O–H groups in total. The van der Waals surface area contributed by atoms with Crippen LogP contribution < -0.4 is 5.32 Å². The number of thiazole rings is 1. The van der Waals surface area contributed by atoms with Crippen molar-refractivity contribution in [2.45, 2.75) is 39.0 Å². The Morgan fingerprint density at radius 1 is 1.19 bits per heavy atom. The Morgan fingerprint density at radius 2 is 1.89 bits per heavy atom. The molecule has 0 aliphatic heterocycles. The van der Waals surface area contributed by atoms with Crippen LogP contribution in [-0.2, 0) is 4.79 Å². The van der Waals surface area contributed by atoms with E-state index < -0.39 is 34.9 Å². The SMILES string of the molecule is C/C(=C\c1c(F)cc(C(=O)Nc2nc(-c3cccc(C#CCC4CCCC4)c3F)cs2)cc1F)C(=O)O. The second-order valence-electron chi connectivity index (χ2n) is 8.80. The summed E-state index contributed by atoms with van der Waals surface area (Å²) in [4.78, 5) is 27.8. The van der Waals surface area contributed by atoms with Crippen LogP contribution in [0.4, 0.5) is 18.3 Å². The molecule has 1 heterocycles. The zero-order valence-corrected chi connectivity index (χ0v) is 20.7. The van der Waals surface area contributed by atoms with E-state index in [9.17, 15) is 18.4 Å². The molecule has 0 unspecified atom stereocenters. The molecule has 0 bridgehead atoms. The number of hydrogen-bond acceptors (Lipinski definition) is 4. The number of nitrogens with zero attached hydrogens (tertiary/aromatic N) is 1. The van der Waals surface area contributed by atoms with Crippen LogP contribution in [0.3, 0.4) is 0 Å². The molecule has 1 aromatic heterocycles. The van der Waals surface area contributed by atoms with Crippen LogP contribution >= 0.6 is 11.3 Å². The van der Waals surface area contributed by atoms with Gasteiger partial charge in [-0.05, 0) is 56.0 Å². The lowest BCUT2D eigenvalue weighted by Gasteiger charge is -2.06. The summed E-state index contributed by atoms with van der Waals surface area (Å²) in [6, 6.07) is 6.47. The third-order valence-electron chi connectivity index (χ3n) is 6.13. The van der Waals surface area contributed by atoms with Crippen molar-refractivity contribution in [1.29, 1.82) is 0 Å². The topological polar surface area (TPSA) is 79.3 Å². The number of aliphatic carboxylic acids is 1. The molecule has 3 aromatic rings. The van der Waals surface area contributed by atoms with E-state index in [1.54, 1.807) is 23.6 Å². The summed E-state index contributed by atoms with van der Waals surface area (Å²) in [7, 11) is 0. The molecule has 0 spiro atoms. The number of anilines is 1. The van der Waals surface area contributed by atoms with E-state index in [2.05, 4.69) is 22.1 Å². The first-order valence-electron chi connectivity index (χ1n) is 11.7. The lowest BCUT2D eigenvalue weighted by Crippen LogP contribution is -2.13. The predicted octanol–water partition coefficient (Wildman–Crippen LogP) is 6.90. The van der Waals surface area contributed by atoms with E-state index in [1.807, 2.05) is 0 Å². The molecule has 1 amide bonds. The average Bonchev–Trinajstić information content (AvgIpc) is 3.54. The Bertz CT molecular complexity index is 1420. The average molecular weight is 525 g/mol. The Hall–Kier alpha value is -3.90. The highest BCUT2D eigenvalue weighted by Gasteiger charge is 2.18. The molecule has 1 aliphatic carbocycles. The number of amides is 1. The number of aromatic nitrogens is 1. The molecule has 1 aliphatic rings. The molecule has 190 valence electrons. The highest BCUT2D eigenvalue weighted by atomic mass is 32.1. The first-order valence-corrected chi connectivity index (χ1v) is 12.6. The van der Waals surface area contributed by atoms with Crippen LogP contribution in [0.25, 0.3) is 17.3 Å². The van der Waals surface area contributed by atoms with Gasteiger partial charge in [-0.25, -0.2) is 22.9 Å². The number of halogens is 3. The predicted molar refractivity (Wildman–Crippen MR) is 137 cm³/mol. The van der Waals surface area contributed by atoms with E-state index in [0.29, 0.717) is 11.6 Å². The lowest BCUT2D eigenvalue weighted by atomic mass is 10.0. The summed E-state index contributed by atoms with van der Waals surface area (Å²) in [6.45, 7) is 1.20. The third-order valence-corrected chi connectivity index (χ3v) is 6.89. The smallest absolute Gasteiger partial charge is 0.331 e. The second kappa shape index (κ2) is 11.4. The van der Waals surface area contributed by atoms with Crippen molar-refractivity contribution in [2.75, 3.05) is 5.32 Å². The van der Waals surface area contributed by atoms with Gasteiger partial charge in [-0.3, -0.25) is 10.1 Å². The molecule has 9 heteroatoms.